The molecule has 1 aromatic carbocycles. The van der Waals surface area contributed by atoms with E-state index in [1.54, 1.807) is 24.3 Å². The van der Waals surface area contributed by atoms with Gasteiger partial charge in [-0.25, -0.2) is 4.79 Å². The van der Waals surface area contributed by atoms with E-state index in [1.165, 1.54) is 11.3 Å². The Morgan fingerprint density at radius 2 is 2.06 bits per heavy atom. The lowest BCUT2D eigenvalue weighted by Gasteiger charge is -2.01. The van der Waals surface area contributed by atoms with Crippen molar-refractivity contribution in [1.82, 2.24) is 0 Å². The van der Waals surface area contributed by atoms with Crippen molar-refractivity contribution in [2.24, 2.45) is 10.9 Å². The molecule has 0 fully saturated rings. The van der Waals surface area contributed by atoms with Gasteiger partial charge in [0.2, 0.25) is 0 Å². The molecule has 0 unspecified atom stereocenters. The Balaban J connectivity index is 2.09. The van der Waals surface area contributed by atoms with Crippen molar-refractivity contribution in [3.8, 4) is 0 Å². The maximum absolute atomic E-state index is 11.7. The van der Waals surface area contributed by atoms with E-state index in [4.69, 9.17) is 10.6 Å². The third-order valence-electron chi connectivity index (χ3n) is 2.09. The summed E-state index contributed by atoms with van der Waals surface area (Å²) in [5, 5.41) is 5.49. The summed E-state index contributed by atoms with van der Waals surface area (Å²) in [5.74, 6) is -0.368. The molecule has 2 rings (SSSR count). The molecule has 2 aromatic rings. The summed E-state index contributed by atoms with van der Waals surface area (Å²) < 4.78 is 0.653. The summed E-state index contributed by atoms with van der Waals surface area (Å²) >= 11 is 4.69. The molecule has 0 amide bonds. The molecular formula is C12H9BrN2O2S. The Labute approximate surface area is 116 Å². The van der Waals surface area contributed by atoms with Crippen LogP contribution in [0.5, 0.6) is 0 Å². The maximum atomic E-state index is 11.7. The van der Waals surface area contributed by atoms with Crippen LogP contribution in [-0.2, 0) is 4.84 Å². The van der Waals surface area contributed by atoms with E-state index in [9.17, 15) is 4.79 Å². The van der Waals surface area contributed by atoms with Gasteiger partial charge < -0.3 is 10.6 Å². The highest BCUT2D eigenvalue weighted by Crippen LogP contribution is 2.17. The fourth-order valence-corrected chi connectivity index (χ4v) is 2.30. The van der Waals surface area contributed by atoms with E-state index < -0.39 is 5.97 Å². The molecule has 0 aliphatic rings. The molecule has 1 aromatic heterocycles. The summed E-state index contributed by atoms with van der Waals surface area (Å²) in [6.45, 7) is 0. The van der Waals surface area contributed by atoms with Crippen molar-refractivity contribution in [3.63, 3.8) is 0 Å². The van der Waals surface area contributed by atoms with Gasteiger partial charge in [-0.1, -0.05) is 23.4 Å². The molecule has 0 radical (unpaired) electrons. The summed E-state index contributed by atoms with van der Waals surface area (Å²) in [6.07, 6.45) is 0. The quantitative estimate of drug-likeness (QED) is 0.408. The van der Waals surface area contributed by atoms with Crippen LogP contribution < -0.4 is 5.73 Å². The fraction of sp³-hybridized carbons (Fsp3) is 0. The summed E-state index contributed by atoms with van der Waals surface area (Å²) in [4.78, 5) is 17.3. The second-order valence-corrected chi connectivity index (χ2v) is 5.11. The average Bonchev–Trinajstić information content (AvgIpc) is 2.90. The first kappa shape index (κ1) is 12.8. The Kier molecular flexibility index (Phi) is 4.11. The Morgan fingerprint density at radius 3 is 2.72 bits per heavy atom. The zero-order chi connectivity index (χ0) is 13.0. The predicted molar refractivity (Wildman–Crippen MR) is 74.6 cm³/mol. The lowest BCUT2D eigenvalue weighted by Crippen LogP contribution is -2.13. The van der Waals surface area contributed by atoms with Crippen molar-refractivity contribution in [3.05, 3.63) is 56.7 Å². The van der Waals surface area contributed by atoms with Crippen LogP contribution in [0.15, 0.2) is 51.4 Å². The van der Waals surface area contributed by atoms with E-state index in [2.05, 4.69) is 21.1 Å². The molecular weight excluding hydrogens is 316 g/mol. The highest BCUT2D eigenvalue weighted by atomic mass is 79.9. The molecule has 92 valence electrons. The van der Waals surface area contributed by atoms with Gasteiger partial charge in [0.15, 0.2) is 5.84 Å². The van der Waals surface area contributed by atoms with Gasteiger partial charge >= 0.3 is 5.97 Å². The van der Waals surface area contributed by atoms with Crippen LogP contribution in [0.3, 0.4) is 0 Å². The molecule has 18 heavy (non-hydrogen) atoms. The highest BCUT2D eigenvalue weighted by Gasteiger charge is 2.11. The number of nitrogens with zero attached hydrogens (tertiary/aromatic N) is 1. The number of rotatable bonds is 3. The Bertz CT molecular complexity index is 582. The van der Waals surface area contributed by atoms with Gasteiger partial charge in [0, 0.05) is 4.47 Å². The van der Waals surface area contributed by atoms with Gasteiger partial charge in [-0.3, -0.25) is 0 Å². The second kappa shape index (κ2) is 5.79. The number of hydrogen-bond acceptors (Lipinski definition) is 4. The van der Waals surface area contributed by atoms with Crippen LogP contribution in [0.25, 0.3) is 0 Å². The van der Waals surface area contributed by atoms with Gasteiger partial charge in [0.1, 0.15) is 0 Å². The van der Waals surface area contributed by atoms with Gasteiger partial charge in [-0.15, -0.1) is 11.3 Å². The van der Waals surface area contributed by atoms with E-state index in [1.807, 2.05) is 17.5 Å². The molecule has 0 spiro atoms. The number of thiophene rings is 1. The first-order chi connectivity index (χ1) is 8.68. The minimum atomic E-state index is -0.554. The van der Waals surface area contributed by atoms with Crippen LogP contribution in [0, 0.1) is 0 Å². The Morgan fingerprint density at radius 1 is 1.28 bits per heavy atom. The maximum Gasteiger partial charge on any atom is 0.366 e. The third-order valence-corrected chi connectivity index (χ3v) is 3.68. The summed E-state index contributed by atoms with van der Waals surface area (Å²) in [5.41, 5.74) is 6.08. The second-order valence-electron chi connectivity index (χ2n) is 3.31. The number of carbonyl (C=O) groups excluding carboxylic acids is 1. The number of benzene rings is 1. The van der Waals surface area contributed by atoms with Crippen LogP contribution >= 0.6 is 27.3 Å². The Hall–Kier alpha value is -1.66. The lowest BCUT2D eigenvalue weighted by atomic mass is 10.2. The smallest absolute Gasteiger partial charge is 0.366 e. The van der Waals surface area contributed by atoms with Crippen molar-refractivity contribution in [2.45, 2.75) is 0 Å². The van der Waals surface area contributed by atoms with Crippen molar-refractivity contribution >= 4 is 39.1 Å². The third kappa shape index (κ3) is 2.96. The van der Waals surface area contributed by atoms with Crippen LogP contribution in [-0.4, -0.2) is 11.8 Å². The molecule has 6 heteroatoms. The predicted octanol–water partition coefficient (Wildman–Crippen LogP) is 2.99. The highest BCUT2D eigenvalue weighted by molar-refractivity contribution is 9.10. The van der Waals surface area contributed by atoms with Crippen molar-refractivity contribution in [2.75, 3.05) is 0 Å². The number of amidine groups is 1. The van der Waals surface area contributed by atoms with Crippen LogP contribution in [0.2, 0.25) is 0 Å². The SMILES string of the molecule is N/C(=N\OC(=O)c1ccccc1Br)c1cccs1. The molecule has 0 aliphatic heterocycles. The van der Waals surface area contributed by atoms with Gasteiger partial charge in [-0.05, 0) is 39.5 Å². The minimum absolute atomic E-state index is 0.186. The van der Waals surface area contributed by atoms with E-state index >= 15 is 0 Å². The van der Waals surface area contributed by atoms with Crippen LogP contribution in [0.4, 0.5) is 0 Å². The standard InChI is InChI=1S/C12H9BrN2O2S/c13-9-5-2-1-4-8(9)12(16)17-15-11(14)10-6-3-7-18-10/h1-7H,(H2,14,15). The van der Waals surface area contributed by atoms with E-state index in [0.29, 0.717) is 10.0 Å². The fourth-order valence-electron chi connectivity index (χ4n) is 1.24. The molecule has 1 heterocycles. The number of carbonyl (C=O) groups is 1. The van der Waals surface area contributed by atoms with Gasteiger partial charge in [-0.2, -0.15) is 0 Å². The first-order valence-electron chi connectivity index (χ1n) is 5.01. The van der Waals surface area contributed by atoms with E-state index in [0.717, 1.165) is 4.88 Å². The zero-order valence-corrected chi connectivity index (χ0v) is 11.6. The van der Waals surface area contributed by atoms with Gasteiger partial charge in [0.25, 0.3) is 0 Å². The molecule has 2 N–H and O–H groups in total. The largest absolute Gasteiger partial charge is 0.380 e. The molecule has 0 saturated carbocycles. The first-order valence-corrected chi connectivity index (χ1v) is 6.69. The summed E-state index contributed by atoms with van der Waals surface area (Å²) in [7, 11) is 0. The lowest BCUT2D eigenvalue weighted by molar-refractivity contribution is 0.0515. The number of halogens is 1. The number of hydrogen-bond donors (Lipinski definition) is 1. The molecule has 0 atom stereocenters. The zero-order valence-electron chi connectivity index (χ0n) is 9.17. The van der Waals surface area contributed by atoms with Crippen molar-refractivity contribution in [1.29, 1.82) is 0 Å². The normalized spacial score (nSPS) is 11.3. The molecule has 0 saturated heterocycles. The average molecular weight is 325 g/mol. The molecule has 4 nitrogen and oxygen atoms in total. The topological polar surface area (TPSA) is 64.7 Å². The molecule has 0 bridgehead atoms. The summed E-state index contributed by atoms with van der Waals surface area (Å²) in [6, 6.07) is 10.6. The monoisotopic (exact) mass is 324 g/mol. The van der Waals surface area contributed by atoms with Gasteiger partial charge in [0.05, 0.1) is 10.4 Å². The van der Waals surface area contributed by atoms with Crippen LogP contribution in [0.1, 0.15) is 15.2 Å². The number of nitrogens with two attached hydrogens (primary N) is 1. The molecule has 0 aliphatic carbocycles. The minimum Gasteiger partial charge on any atom is -0.380 e. The van der Waals surface area contributed by atoms with E-state index in [-0.39, 0.29) is 5.84 Å². The van der Waals surface area contributed by atoms with Crippen molar-refractivity contribution < 1.29 is 9.63 Å². The number of oxime groups is 1.